The number of aromatic nitrogens is 2. The van der Waals surface area contributed by atoms with E-state index in [9.17, 15) is 5.26 Å². The summed E-state index contributed by atoms with van der Waals surface area (Å²) in [7, 11) is 0. The van der Waals surface area contributed by atoms with E-state index < -0.39 is 5.72 Å². The molecule has 4 aromatic rings. The molecule has 6 rings (SSSR count). The van der Waals surface area contributed by atoms with E-state index >= 15 is 0 Å². The van der Waals surface area contributed by atoms with E-state index in [1.165, 1.54) is 5.56 Å². The topological polar surface area (TPSA) is 76.9 Å². The van der Waals surface area contributed by atoms with Gasteiger partial charge in [0.05, 0.1) is 21.9 Å². The number of fused-ring (bicyclic) bond motifs is 5. The van der Waals surface area contributed by atoms with E-state index in [4.69, 9.17) is 27.1 Å². The van der Waals surface area contributed by atoms with Crippen LogP contribution in [0.15, 0.2) is 89.4 Å². The van der Waals surface area contributed by atoms with Gasteiger partial charge in [0, 0.05) is 16.5 Å². The van der Waals surface area contributed by atoms with Gasteiger partial charge < -0.3 is 10.5 Å². The molecule has 0 aliphatic carbocycles. The highest BCUT2D eigenvalue weighted by atomic mass is 35.5. The molecule has 0 amide bonds. The van der Waals surface area contributed by atoms with Gasteiger partial charge in [-0.15, -0.1) is 0 Å². The van der Waals surface area contributed by atoms with E-state index in [0.29, 0.717) is 10.6 Å². The number of hydrogen-bond acceptors (Lipinski definition) is 5. The molecule has 0 saturated carbocycles. The van der Waals surface area contributed by atoms with Crippen molar-refractivity contribution in [3.8, 4) is 6.07 Å². The molecule has 7 heteroatoms. The molecule has 3 aromatic carbocycles. The SMILES string of the molecule is CCc1ccc([C@H]2C(C#N)=C(N)O[C@]3(c4ccc(Cl)cc4)[C@H]2Sc2nc4ccccc4n23)cc1. The van der Waals surface area contributed by atoms with Crippen molar-refractivity contribution in [3.05, 3.63) is 106 Å². The van der Waals surface area contributed by atoms with Crippen molar-refractivity contribution >= 4 is 34.4 Å². The summed E-state index contributed by atoms with van der Waals surface area (Å²) in [6, 6.07) is 26.5. The number of halogens is 1. The van der Waals surface area contributed by atoms with Crippen molar-refractivity contribution in [2.45, 2.75) is 35.4 Å². The Morgan fingerprint density at radius 2 is 1.85 bits per heavy atom. The third kappa shape index (κ3) is 2.91. The lowest BCUT2D eigenvalue weighted by Gasteiger charge is -2.44. The molecule has 0 radical (unpaired) electrons. The fourth-order valence-corrected chi connectivity index (χ4v) is 6.84. The van der Waals surface area contributed by atoms with E-state index in [2.05, 4.69) is 41.8 Å². The monoisotopic (exact) mass is 484 g/mol. The Hall–Kier alpha value is -3.40. The van der Waals surface area contributed by atoms with Gasteiger partial charge in [-0.05, 0) is 41.8 Å². The van der Waals surface area contributed by atoms with Gasteiger partial charge in [0.25, 0.3) is 0 Å². The van der Waals surface area contributed by atoms with Gasteiger partial charge >= 0.3 is 0 Å². The minimum absolute atomic E-state index is 0.143. The molecule has 0 saturated heterocycles. The average molecular weight is 485 g/mol. The summed E-state index contributed by atoms with van der Waals surface area (Å²) >= 11 is 7.88. The molecule has 0 spiro atoms. The molecule has 2 aliphatic heterocycles. The first-order valence-electron chi connectivity index (χ1n) is 11.1. The van der Waals surface area contributed by atoms with Crippen LogP contribution in [-0.4, -0.2) is 14.8 Å². The maximum absolute atomic E-state index is 10.1. The van der Waals surface area contributed by atoms with Gasteiger partial charge in [-0.1, -0.05) is 78.8 Å². The van der Waals surface area contributed by atoms with Crippen molar-refractivity contribution in [1.29, 1.82) is 5.26 Å². The largest absolute Gasteiger partial charge is 0.446 e. The van der Waals surface area contributed by atoms with Crippen LogP contribution in [0.2, 0.25) is 5.02 Å². The lowest BCUT2D eigenvalue weighted by molar-refractivity contribution is -0.0457. The maximum atomic E-state index is 10.1. The summed E-state index contributed by atoms with van der Waals surface area (Å²) in [6.45, 7) is 2.13. The average Bonchev–Trinajstić information content (AvgIpc) is 3.38. The molecule has 2 aliphatic rings. The molecular weight excluding hydrogens is 464 g/mol. The molecule has 168 valence electrons. The molecule has 34 heavy (non-hydrogen) atoms. The normalized spacial score (nSPS) is 23.3. The van der Waals surface area contributed by atoms with Crippen LogP contribution < -0.4 is 5.73 Å². The highest BCUT2D eigenvalue weighted by Crippen LogP contribution is 2.59. The van der Waals surface area contributed by atoms with Crippen LogP contribution in [0.25, 0.3) is 11.0 Å². The second-order valence-corrected chi connectivity index (χ2v) is 10.1. The first kappa shape index (κ1) is 21.2. The molecule has 0 fully saturated rings. The second kappa shape index (κ2) is 7.83. The minimum atomic E-state index is -0.987. The number of thioether (sulfide) groups is 1. The summed E-state index contributed by atoms with van der Waals surface area (Å²) in [6.07, 6.45) is 0.950. The number of hydrogen-bond donors (Lipinski definition) is 1. The van der Waals surface area contributed by atoms with Gasteiger partial charge in [0.15, 0.2) is 5.16 Å². The number of allylic oxidation sites excluding steroid dienone is 1. The number of rotatable bonds is 3. The third-order valence-corrected chi connectivity index (χ3v) is 8.33. The number of nitriles is 1. The predicted octanol–water partition coefficient (Wildman–Crippen LogP) is 5.94. The molecule has 3 atom stereocenters. The maximum Gasteiger partial charge on any atom is 0.230 e. The zero-order valence-electron chi connectivity index (χ0n) is 18.4. The zero-order valence-corrected chi connectivity index (χ0v) is 20.0. The molecule has 1 aromatic heterocycles. The van der Waals surface area contributed by atoms with Crippen molar-refractivity contribution in [2.24, 2.45) is 5.73 Å². The highest BCUT2D eigenvalue weighted by molar-refractivity contribution is 8.00. The predicted molar refractivity (Wildman–Crippen MR) is 134 cm³/mol. The summed E-state index contributed by atoms with van der Waals surface area (Å²) in [5.74, 6) is -0.129. The Morgan fingerprint density at radius 1 is 1.12 bits per heavy atom. The van der Waals surface area contributed by atoms with E-state index in [0.717, 1.165) is 33.7 Å². The van der Waals surface area contributed by atoms with Crippen LogP contribution in [0, 0.1) is 11.3 Å². The third-order valence-electron chi connectivity index (χ3n) is 6.75. The number of benzene rings is 3. The minimum Gasteiger partial charge on any atom is -0.446 e. The number of imidazole rings is 1. The van der Waals surface area contributed by atoms with Crippen LogP contribution >= 0.6 is 23.4 Å². The van der Waals surface area contributed by atoms with Gasteiger partial charge in [-0.2, -0.15) is 5.26 Å². The first-order valence-corrected chi connectivity index (χ1v) is 12.4. The van der Waals surface area contributed by atoms with Crippen molar-refractivity contribution < 1.29 is 4.74 Å². The van der Waals surface area contributed by atoms with E-state index in [1.54, 1.807) is 11.8 Å². The van der Waals surface area contributed by atoms with Crippen molar-refractivity contribution in [3.63, 3.8) is 0 Å². The van der Waals surface area contributed by atoms with Gasteiger partial charge in [0.1, 0.15) is 6.07 Å². The number of aryl methyl sites for hydroxylation is 1. The molecule has 0 bridgehead atoms. The summed E-state index contributed by atoms with van der Waals surface area (Å²) in [4.78, 5) is 4.91. The number of nitrogens with zero attached hydrogens (tertiary/aromatic N) is 3. The first-order chi connectivity index (χ1) is 16.6. The summed E-state index contributed by atoms with van der Waals surface area (Å²) in [5, 5.41) is 11.4. The Kier molecular flexibility index (Phi) is 4.87. The lowest BCUT2D eigenvalue weighted by Crippen LogP contribution is -2.50. The Morgan fingerprint density at radius 3 is 2.56 bits per heavy atom. The van der Waals surface area contributed by atoms with Gasteiger partial charge in [-0.3, -0.25) is 4.57 Å². The van der Waals surface area contributed by atoms with Gasteiger partial charge in [0.2, 0.25) is 11.6 Å². The van der Waals surface area contributed by atoms with Crippen LogP contribution in [0.5, 0.6) is 0 Å². The van der Waals surface area contributed by atoms with Crippen LogP contribution in [-0.2, 0) is 16.9 Å². The number of ether oxygens (including phenoxy) is 1. The molecule has 0 unspecified atom stereocenters. The van der Waals surface area contributed by atoms with Crippen molar-refractivity contribution in [2.75, 3.05) is 0 Å². The quantitative estimate of drug-likeness (QED) is 0.389. The Labute approximate surface area is 206 Å². The van der Waals surface area contributed by atoms with Crippen molar-refractivity contribution in [1.82, 2.24) is 9.55 Å². The lowest BCUT2D eigenvalue weighted by atomic mass is 9.79. The highest BCUT2D eigenvalue weighted by Gasteiger charge is 2.60. The summed E-state index contributed by atoms with van der Waals surface area (Å²) in [5.41, 5.74) is 11.0. The fraction of sp³-hybridized carbons (Fsp3) is 0.185. The van der Waals surface area contributed by atoms with Crippen LogP contribution in [0.4, 0.5) is 0 Å². The second-order valence-electron chi connectivity index (χ2n) is 8.52. The van der Waals surface area contributed by atoms with Crippen LogP contribution in [0.3, 0.4) is 0 Å². The smallest absolute Gasteiger partial charge is 0.230 e. The van der Waals surface area contributed by atoms with E-state index in [-0.39, 0.29) is 17.1 Å². The standard InChI is InChI=1S/C27H21ClN4OS/c1-2-16-7-9-17(10-8-16)23-20(15-29)25(30)33-27(18-11-13-19(28)14-12-18)24(23)34-26-31-21-5-3-4-6-22(21)32(26)27/h3-14,23-24H,2,30H2,1H3/t23-,24-,27+/m0/s1. The number of para-hydroxylation sites is 2. The zero-order chi connectivity index (χ0) is 23.4. The molecule has 2 N–H and O–H groups in total. The number of nitrogens with two attached hydrogens (primary N) is 1. The molecule has 5 nitrogen and oxygen atoms in total. The molecular formula is C27H21ClN4OS. The Bertz CT molecular complexity index is 1490. The molecule has 3 heterocycles. The summed E-state index contributed by atoms with van der Waals surface area (Å²) < 4.78 is 8.75. The van der Waals surface area contributed by atoms with Crippen LogP contribution in [0.1, 0.15) is 29.5 Å². The fourth-order valence-electron chi connectivity index (χ4n) is 5.12. The van der Waals surface area contributed by atoms with E-state index in [1.807, 2.05) is 48.5 Å². The Balaban J connectivity index is 1.65. The van der Waals surface area contributed by atoms with Gasteiger partial charge in [-0.25, -0.2) is 4.98 Å².